The highest BCUT2D eigenvalue weighted by Crippen LogP contribution is 2.35. The molecular weight excluding hydrogens is 452 g/mol. The lowest BCUT2D eigenvalue weighted by Gasteiger charge is -2.41. The lowest BCUT2D eigenvalue weighted by molar-refractivity contribution is 0.0610. The fraction of sp³-hybridized carbons (Fsp3) is 0.500. The first-order chi connectivity index (χ1) is 17.4. The second kappa shape index (κ2) is 10.4. The predicted octanol–water partition coefficient (Wildman–Crippen LogP) is 5.30. The second-order valence-electron chi connectivity index (χ2n) is 10.6. The van der Waals surface area contributed by atoms with Crippen molar-refractivity contribution in [1.82, 2.24) is 30.1 Å². The Balaban J connectivity index is 1.55. The summed E-state index contributed by atoms with van der Waals surface area (Å²) in [6, 6.07) is 10.4. The van der Waals surface area contributed by atoms with E-state index in [1.54, 1.807) is 6.26 Å². The maximum atomic E-state index is 13.3. The SMILES string of the molecule is Cc1cc2cc(CN(C3CCCCC3)[C@H](c3nnnn3Cc3ccco3)C(C)C)c(=O)[nH]c2cc1C. The van der Waals surface area contributed by atoms with Crippen LogP contribution in [0.2, 0.25) is 0 Å². The van der Waals surface area contributed by atoms with Crippen molar-refractivity contribution in [3.8, 4) is 0 Å². The van der Waals surface area contributed by atoms with Crippen molar-refractivity contribution in [1.29, 1.82) is 0 Å². The van der Waals surface area contributed by atoms with Crippen molar-refractivity contribution >= 4 is 10.9 Å². The molecule has 1 atom stereocenters. The molecule has 0 spiro atoms. The number of nitrogens with one attached hydrogen (secondary N) is 1. The normalized spacial score (nSPS) is 15.8. The summed E-state index contributed by atoms with van der Waals surface area (Å²) in [7, 11) is 0. The number of H-pyrrole nitrogens is 1. The minimum Gasteiger partial charge on any atom is -0.467 e. The summed E-state index contributed by atoms with van der Waals surface area (Å²) in [5.41, 5.74) is 4.05. The first kappa shape index (κ1) is 24.4. The highest BCUT2D eigenvalue weighted by Gasteiger charge is 2.35. The van der Waals surface area contributed by atoms with E-state index < -0.39 is 0 Å². The Morgan fingerprint density at radius 3 is 2.64 bits per heavy atom. The van der Waals surface area contributed by atoms with Gasteiger partial charge in [-0.3, -0.25) is 9.69 Å². The van der Waals surface area contributed by atoms with E-state index in [1.807, 2.05) is 16.8 Å². The Morgan fingerprint density at radius 1 is 1.14 bits per heavy atom. The number of pyridine rings is 1. The van der Waals surface area contributed by atoms with Crippen LogP contribution in [0.3, 0.4) is 0 Å². The number of aromatic nitrogens is 5. The zero-order valence-corrected chi connectivity index (χ0v) is 21.7. The van der Waals surface area contributed by atoms with Crippen molar-refractivity contribution in [2.24, 2.45) is 5.92 Å². The second-order valence-corrected chi connectivity index (χ2v) is 10.6. The summed E-state index contributed by atoms with van der Waals surface area (Å²) < 4.78 is 7.42. The number of rotatable bonds is 8. The maximum Gasteiger partial charge on any atom is 0.252 e. The molecule has 1 aliphatic rings. The fourth-order valence-electron chi connectivity index (χ4n) is 5.62. The predicted molar refractivity (Wildman–Crippen MR) is 140 cm³/mol. The average molecular weight is 489 g/mol. The first-order valence-corrected chi connectivity index (χ1v) is 13.1. The van der Waals surface area contributed by atoms with Gasteiger partial charge in [-0.25, -0.2) is 4.68 Å². The van der Waals surface area contributed by atoms with Gasteiger partial charge in [0.1, 0.15) is 12.3 Å². The zero-order chi connectivity index (χ0) is 25.2. The van der Waals surface area contributed by atoms with Gasteiger partial charge in [-0.05, 0) is 89.9 Å². The number of tetrazole rings is 1. The molecule has 36 heavy (non-hydrogen) atoms. The van der Waals surface area contributed by atoms with Crippen molar-refractivity contribution in [2.75, 3.05) is 0 Å². The van der Waals surface area contributed by atoms with Gasteiger partial charge >= 0.3 is 0 Å². The van der Waals surface area contributed by atoms with Gasteiger partial charge in [0.2, 0.25) is 0 Å². The molecule has 0 amide bonds. The van der Waals surface area contributed by atoms with Crippen LogP contribution in [-0.4, -0.2) is 36.1 Å². The van der Waals surface area contributed by atoms with Crippen LogP contribution >= 0.6 is 0 Å². The van der Waals surface area contributed by atoms with Gasteiger partial charge in [-0.15, -0.1) is 5.10 Å². The molecule has 1 fully saturated rings. The molecule has 0 saturated heterocycles. The van der Waals surface area contributed by atoms with Gasteiger partial charge in [-0.2, -0.15) is 0 Å². The fourth-order valence-corrected chi connectivity index (χ4v) is 5.62. The standard InChI is InChI=1S/C28H36N6O2/c1-18(2)26(27-30-31-32-34(27)17-24-11-8-12-36-24)33(23-9-6-5-7-10-23)16-22-15-21-13-19(3)20(4)14-25(21)29-28(22)35/h8,11-15,18,23,26H,5-7,9-10,16-17H2,1-4H3,(H,29,35)/t26-/m0/s1. The monoisotopic (exact) mass is 488 g/mol. The Kier molecular flexibility index (Phi) is 7.05. The molecule has 3 aromatic heterocycles. The lowest BCUT2D eigenvalue weighted by atomic mass is 9.90. The first-order valence-electron chi connectivity index (χ1n) is 13.1. The van der Waals surface area contributed by atoms with Crippen molar-refractivity contribution in [2.45, 2.75) is 85.0 Å². The molecule has 1 saturated carbocycles. The molecule has 0 radical (unpaired) electrons. The van der Waals surface area contributed by atoms with E-state index in [9.17, 15) is 4.79 Å². The molecule has 0 unspecified atom stereocenters. The number of hydrogen-bond acceptors (Lipinski definition) is 6. The number of nitrogens with zero attached hydrogens (tertiary/aromatic N) is 5. The van der Waals surface area contributed by atoms with Crippen LogP contribution in [0.4, 0.5) is 0 Å². The smallest absolute Gasteiger partial charge is 0.252 e. The van der Waals surface area contributed by atoms with Gasteiger partial charge in [0.05, 0.1) is 12.3 Å². The van der Waals surface area contributed by atoms with E-state index in [2.05, 4.69) is 71.3 Å². The Hall–Kier alpha value is -3.26. The van der Waals surface area contributed by atoms with Crippen LogP contribution in [0.25, 0.3) is 10.9 Å². The van der Waals surface area contributed by atoms with Crippen molar-refractivity contribution in [3.63, 3.8) is 0 Å². The molecule has 0 aliphatic heterocycles. The molecule has 4 aromatic rings. The highest BCUT2D eigenvalue weighted by atomic mass is 16.3. The molecular formula is C28H36N6O2. The van der Waals surface area contributed by atoms with Crippen LogP contribution in [-0.2, 0) is 13.1 Å². The molecule has 190 valence electrons. The average Bonchev–Trinajstić information content (AvgIpc) is 3.53. The Bertz CT molecular complexity index is 1360. The third-order valence-electron chi connectivity index (χ3n) is 7.63. The summed E-state index contributed by atoms with van der Waals surface area (Å²) in [5, 5.41) is 13.9. The van der Waals surface area contributed by atoms with Gasteiger partial charge in [0.25, 0.3) is 5.56 Å². The maximum absolute atomic E-state index is 13.3. The van der Waals surface area contributed by atoms with Crippen LogP contribution in [0.15, 0.2) is 45.8 Å². The minimum absolute atomic E-state index is 0.0238. The van der Waals surface area contributed by atoms with E-state index in [0.29, 0.717) is 19.1 Å². The molecule has 1 N–H and O–H groups in total. The molecule has 0 bridgehead atoms. The highest BCUT2D eigenvalue weighted by molar-refractivity contribution is 5.80. The Morgan fingerprint density at radius 2 is 1.92 bits per heavy atom. The zero-order valence-electron chi connectivity index (χ0n) is 21.7. The molecule has 1 aliphatic carbocycles. The third kappa shape index (κ3) is 5.00. The van der Waals surface area contributed by atoms with Gasteiger partial charge in [0.15, 0.2) is 5.82 Å². The van der Waals surface area contributed by atoms with Crippen molar-refractivity contribution in [3.05, 3.63) is 75.2 Å². The summed E-state index contributed by atoms with van der Waals surface area (Å²) in [6.07, 6.45) is 7.58. The number of aryl methyl sites for hydroxylation is 2. The number of furan rings is 1. The number of aromatic amines is 1. The molecule has 1 aromatic carbocycles. The number of benzene rings is 1. The molecule has 3 heterocycles. The van der Waals surface area contributed by atoms with Crippen LogP contribution in [0.1, 0.15) is 80.3 Å². The van der Waals surface area contributed by atoms with Crippen LogP contribution in [0.5, 0.6) is 0 Å². The van der Waals surface area contributed by atoms with E-state index in [1.165, 1.54) is 30.4 Å². The largest absolute Gasteiger partial charge is 0.467 e. The van der Waals surface area contributed by atoms with E-state index in [4.69, 9.17) is 4.42 Å². The summed E-state index contributed by atoms with van der Waals surface area (Å²) in [4.78, 5) is 18.9. The summed E-state index contributed by atoms with van der Waals surface area (Å²) in [5.74, 6) is 1.88. The van der Waals surface area contributed by atoms with Gasteiger partial charge in [0, 0.05) is 23.7 Å². The summed E-state index contributed by atoms with van der Waals surface area (Å²) in [6.45, 7) is 9.64. The van der Waals surface area contributed by atoms with E-state index in [-0.39, 0.29) is 17.5 Å². The Labute approximate surface area is 211 Å². The molecule has 8 heteroatoms. The molecule has 8 nitrogen and oxygen atoms in total. The van der Waals surface area contributed by atoms with Crippen LogP contribution < -0.4 is 5.56 Å². The van der Waals surface area contributed by atoms with E-state index >= 15 is 0 Å². The number of fused-ring (bicyclic) bond motifs is 1. The number of hydrogen-bond donors (Lipinski definition) is 1. The van der Waals surface area contributed by atoms with Gasteiger partial charge in [-0.1, -0.05) is 33.1 Å². The van der Waals surface area contributed by atoms with Crippen LogP contribution in [0, 0.1) is 19.8 Å². The topological polar surface area (TPSA) is 92.8 Å². The summed E-state index contributed by atoms with van der Waals surface area (Å²) >= 11 is 0. The van der Waals surface area contributed by atoms with E-state index in [0.717, 1.165) is 40.9 Å². The molecule has 5 rings (SSSR count). The van der Waals surface area contributed by atoms with Gasteiger partial charge < -0.3 is 9.40 Å². The lowest BCUT2D eigenvalue weighted by Crippen LogP contribution is -2.43. The van der Waals surface area contributed by atoms with Crippen molar-refractivity contribution < 1.29 is 4.42 Å². The quantitative estimate of drug-likeness (QED) is 0.362. The third-order valence-corrected chi connectivity index (χ3v) is 7.63. The minimum atomic E-state index is -0.0343.